The van der Waals surface area contributed by atoms with Crippen molar-refractivity contribution >= 4 is 16.8 Å². The topological polar surface area (TPSA) is 51.2 Å². The van der Waals surface area contributed by atoms with Gasteiger partial charge >= 0.3 is 0 Å². The van der Waals surface area contributed by atoms with Crippen molar-refractivity contribution in [2.24, 2.45) is 11.8 Å². The van der Waals surface area contributed by atoms with Crippen LogP contribution in [0.25, 0.3) is 22.2 Å². The molecule has 4 heteroatoms. The zero-order chi connectivity index (χ0) is 20.4. The number of nitrogens with one attached hydrogen (secondary N) is 1. The Hall–Kier alpha value is -2.88. The van der Waals surface area contributed by atoms with Crippen LogP contribution in [0.4, 0.5) is 0 Å². The predicted octanol–water partition coefficient (Wildman–Crippen LogP) is 5.46. The lowest BCUT2D eigenvalue weighted by Crippen LogP contribution is -2.43. The molecule has 1 amide bonds. The first kappa shape index (κ1) is 19.4. The van der Waals surface area contributed by atoms with E-state index >= 15 is 0 Å². The van der Waals surface area contributed by atoms with Crippen molar-refractivity contribution in [1.82, 2.24) is 10.3 Å². The number of hydrogen-bond acceptors (Lipinski definition) is 3. The zero-order valence-corrected chi connectivity index (χ0v) is 17.3. The van der Waals surface area contributed by atoms with Crippen molar-refractivity contribution < 1.29 is 9.53 Å². The molecule has 0 unspecified atom stereocenters. The van der Waals surface area contributed by atoms with Crippen LogP contribution in [0.2, 0.25) is 0 Å². The van der Waals surface area contributed by atoms with Crippen molar-refractivity contribution in [2.45, 2.75) is 39.2 Å². The molecular weight excluding hydrogens is 360 g/mol. The fraction of sp³-hybridized carbons (Fsp3) is 0.360. The number of carbonyl (C=O) groups excluding carboxylic acids is 1. The molecule has 0 radical (unpaired) electrons. The minimum Gasteiger partial charge on any atom is -0.497 e. The van der Waals surface area contributed by atoms with Crippen LogP contribution < -0.4 is 10.1 Å². The molecule has 1 N–H and O–H groups in total. The summed E-state index contributed by atoms with van der Waals surface area (Å²) < 4.78 is 5.26. The summed E-state index contributed by atoms with van der Waals surface area (Å²) in [5.41, 5.74) is 3.27. The number of rotatable bonds is 4. The molecule has 150 valence electrons. The number of carbonyl (C=O) groups is 1. The van der Waals surface area contributed by atoms with Crippen molar-refractivity contribution in [2.75, 3.05) is 7.11 Å². The summed E-state index contributed by atoms with van der Waals surface area (Å²) in [4.78, 5) is 18.1. The first-order valence-electron chi connectivity index (χ1n) is 10.4. The zero-order valence-electron chi connectivity index (χ0n) is 17.3. The number of nitrogens with zero attached hydrogens (tertiary/aromatic N) is 1. The highest BCUT2D eigenvalue weighted by Gasteiger charge is 2.29. The molecule has 0 bridgehead atoms. The second-order valence-corrected chi connectivity index (χ2v) is 8.15. The Morgan fingerprint density at radius 2 is 1.83 bits per heavy atom. The van der Waals surface area contributed by atoms with Gasteiger partial charge in [0, 0.05) is 17.0 Å². The van der Waals surface area contributed by atoms with Crippen molar-refractivity contribution in [3.63, 3.8) is 0 Å². The van der Waals surface area contributed by atoms with Gasteiger partial charge in [-0.15, -0.1) is 0 Å². The van der Waals surface area contributed by atoms with E-state index in [0.29, 0.717) is 17.4 Å². The summed E-state index contributed by atoms with van der Waals surface area (Å²) in [6.07, 6.45) is 3.46. The lowest BCUT2D eigenvalue weighted by molar-refractivity contribution is 0.0892. The molecule has 1 aliphatic carbocycles. The van der Waals surface area contributed by atoms with Crippen LogP contribution in [0.1, 0.15) is 43.5 Å². The average molecular weight is 389 g/mol. The molecule has 3 atom stereocenters. The largest absolute Gasteiger partial charge is 0.497 e. The fourth-order valence-electron chi connectivity index (χ4n) is 4.30. The van der Waals surface area contributed by atoms with Gasteiger partial charge in [-0.1, -0.05) is 44.9 Å². The van der Waals surface area contributed by atoms with E-state index in [1.54, 1.807) is 7.11 Å². The Morgan fingerprint density at radius 1 is 1.07 bits per heavy atom. The molecule has 0 spiro atoms. The molecule has 29 heavy (non-hydrogen) atoms. The number of para-hydroxylation sites is 1. The third-order valence-electron chi connectivity index (χ3n) is 6.37. The summed E-state index contributed by atoms with van der Waals surface area (Å²) in [5.74, 6) is 1.91. The normalized spacial score (nSPS) is 21.7. The molecule has 1 aliphatic rings. The van der Waals surface area contributed by atoms with Crippen LogP contribution >= 0.6 is 0 Å². The van der Waals surface area contributed by atoms with Gasteiger partial charge in [-0.25, -0.2) is 4.98 Å². The molecule has 1 fully saturated rings. The molecule has 3 aromatic rings. The number of pyridine rings is 1. The summed E-state index contributed by atoms with van der Waals surface area (Å²) in [7, 11) is 1.65. The molecule has 1 saturated carbocycles. The van der Waals surface area contributed by atoms with Gasteiger partial charge in [-0.2, -0.15) is 0 Å². The number of aromatic nitrogens is 1. The first-order chi connectivity index (χ1) is 14.1. The van der Waals surface area contributed by atoms with E-state index in [0.717, 1.165) is 34.3 Å². The standard InChI is InChI=1S/C25H28N2O2/c1-16-7-6-10-22(17(16)2)27-25(28)21-15-24(18-11-13-19(29-3)14-12-18)26-23-9-5-4-8-20(21)23/h4-5,8-9,11-17,22H,6-7,10H2,1-3H3,(H,27,28)/t16-,17+,22-/m1/s1. The number of fused-ring (bicyclic) bond motifs is 1. The van der Waals surface area contributed by atoms with Gasteiger partial charge in [0.2, 0.25) is 0 Å². The molecule has 1 aromatic heterocycles. The van der Waals surface area contributed by atoms with Gasteiger partial charge in [-0.05, 0) is 54.7 Å². The maximum atomic E-state index is 13.3. The Morgan fingerprint density at radius 3 is 2.59 bits per heavy atom. The van der Waals surface area contributed by atoms with Crippen LogP contribution in [0.5, 0.6) is 5.75 Å². The molecule has 4 rings (SSSR count). The highest BCUT2D eigenvalue weighted by Crippen LogP contribution is 2.31. The number of methoxy groups -OCH3 is 1. The van der Waals surface area contributed by atoms with E-state index in [4.69, 9.17) is 9.72 Å². The van der Waals surface area contributed by atoms with Crippen molar-refractivity contribution in [3.8, 4) is 17.0 Å². The van der Waals surface area contributed by atoms with E-state index in [1.165, 1.54) is 12.8 Å². The van der Waals surface area contributed by atoms with Gasteiger partial charge in [0.15, 0.2) is 0 Å². The van der Waals surface area contributed by atoms with Crippen LogP contribution in [0, 0.1) is 11.8 Å². The van der Waals surface area contributed by atoms with Gasteiger partial charge in [0.1, 0.15) is 5.75 Å². The minimum atomic E-state index is -0.00990. The summed E-state index contributed by atoms with van der Waals surface area (Å²) in [6, 6.07) is 17.8. The third kappa shape index (κ3) is 3.98. The number of ether oxygens (including phenoxy) is 1. The highest BCUT2D eigenvalue weighted by atomic mass is 16.5. The Bertz CT molecular complexity index is 1010. The quantitative estimate of drug-likeness (QED) is 0.645. The number of benzene rings is 2. The SMILES string of the molecule is COc1ccc(-c2cc(C(=O)N[C@@H]3CCC[C@@H](C)[C@@H]3C)c3ccccc3n2)cc1. The Labute approximate surface area is 172 Å². The molecule has 1 heterocycles. The van der Waals surface area contributed by atoms with Gasteiger partial charge in [-0.3, -0.25) is 4.79 Å². The van der Waals surface area contributed by atoms with Crippen LogP contribution in [-0.4, -0.2) is 24.0 Å². The number of hydrogen-bond donors (Lipinski definition) is 1. The van der Waals surface area contributed by atoms with Gasteiger partial charge < -0.3 is 10.1 Å². The number of amides is 1. The Kier molecular flexibility index (Phi) is 5.52. The van der Waals surface area contributed by atoms with Crippen LogP contribution in [0.15, 0.2) is 54.6 Å². The van der Waals surface area contributed by atoms with Crippen molar-refractivity contribution in [1.29, 1.82) is 0 Å². The summed E-state index contributed by atoms with van der Waals surface area (Å²) in [5, 5.41) is 4.21. The summed E-state index contributed by atoms with van der Waals surface area (Å²) >= 11 is 0. The van der Waals surface area contributed by atoms with Crippen LogP contribution in [-0.2, 0) is 0 Å². The van der Waals surface area contributed by atoms with E-state index in [-0.39, 0.29) is 11.9 Å². The van der Waals surface area contributed by atoms with Crippen LogP contribution in [0.3, 0.4) is 0 Å². The first-order valence-corrected chi connectivity index (χ1v) is 10.4. The molecule has 0 saturated heterocycles. The third-order valence-corrected chi connectivity index (χ3v) is 6.37. The second kappa shape index (κ2) is 8.24. The molecule has 0 aliphatic heterocycles. The monoisotopic (exact) mass is 388 g/mol. The molecule has 4 nitrogen and oxygen atoms in total. The second-order valence-electron chi connectivity index (χ2n) is 8.15. The predicted molar refractivity (Wildman–Crippen MR) is 117 cm³/mol. The van der Waals surface area contributed by atoms with E-state index in [2.05, 4.69) is 19.2 Å². The molecule has 2 aromatic carbocycles. The maximum absolute atomic E-state index is 13.3. The molecular formula is C25H28N2O2. The summed E-state index contributed by atoms with van der Waals surface area (Å²) in [6.45, 7) is 4.54. The minimum absolute atomic E-state index is 0.00990. The Balaban J connectivity index is 1.71. The highest BCUT2D eigenvalue weighted by molar-refractivity contribution is 6.07. The average Bonchev–Trinajstić information content (AvgIpc) is 2.76. The maximum Gasteiger partial charge on any atom is 0.252 e. The lowest BCUT2D eigenvalue weighted by Gasteiger charge is -2.34. The smallest absolute Gasteiger partial charge is 0.252 e. The van der Waals surface area contributed by atoms with Crippen molar-refractivity contribution in [3.05, 3.63) is 60.2 Å². The van der Waals surface area contributed by atoms with Gasteiger partial charge in [0.25, 0.3) is 5.91 Å². The van der Waals surface area contributed by atoms with Gasteiger partial charge in [0.05, 0.1) is 23.9 Å². The van der Waals surface area contributed by atoms with E-state index in [9.17, 15) is 4.79 Å². The fourth-order valence-corrected chi connectivity index (χ4v) is 4.30. The lowest BCUT2D eigenvalue weighted by atomic mass is 9.78. The van der Waals surface area contributed by atoms with E-state index in [1.807, 2.05) is 54.6 Å². The van der Waals surface area contributed by atoms with E-state index < -0.39 is 0 Å².